The highest BCUT2D eigenvalue weighted by Crippen LogP contribution is 2.50. The zero-order valence-corrected chi connectivity index (χ0v) is 30.9. The first kappa shape index (κ1) is 37.1. The summed E-state index contributed by atoms with van der Waals surface area (Å²) in [7, 11) is 0. The molecule has 2 saturated heterocycles. The molecule has 0 bridgehead atoms. The van der Waals surface area contributed by atoms with Crippen molar-refractivity contribution >= 4 is 82.1 Å². The van der Waals surface area contributed by atoms with Crippen molar-refractivity contribution in [3.8, 4) is 33.8 Å². The average molecular weight is 787 g/mol. The van der Waals surface area contributed by atoms with Gasteiger partial charge in [0.1, 0.15) is 11.5 Å². The molecule has 0 unspecified atom stereocenters. The molecule has 0 radical (unpaired) electrons. The van der Waals surface area contributed by atoms with E-state index in [1.807, 2.05) is 0 Å². The molecular weight excluding hydrogens is 754 g/mol. The van der Waals surface area contributed by atoms with Crippen LogP contribution in [0, 0.1) is 0 Å². The molecule has 0 spiro atoms. The number of amides is 2. The summed E-state index contributed by atoms with van der Waals surface area (Å²) in [4.78, 5) is 30.4. The minimum absolute atomic E-state index is 0.00618. The highest BCUT2D eigenvalue weighted by Gasteiger charge is 2.23. The number of para-hydroxylation sites is 2. The fraction of sp³-hybridized carbons (Fsp3) is 0.211. The number of ether oxygens (including phenoxy) is 2. The number of morpholine rings is 2. The Morgan fingerprint density at radius 2 is 0.961 bits per heavy atom. The molecule has 0 aliphatic carbocycles. The lowest BCUT2D eigenvalue weighted by Gasteiger charge is -2.25. The maximum atomic E-state index is 13.0. The average Bonchev–Trinajstić information content (AvgIpc) is 3.15. The van der Waals surface area contributed by atoms with E-state index in [0.29, 0.717) is 95.8 Å². The first-order valence-corrected chi connectivity index (χ1v) is 18.3. The topological polar surface area (TPSA) is 99.5 Å². The van der Waals surface area contributed by atoms with Gasteiger partial charge in [-0.2, -0.15) is 0 Å². The van der Waals surface area contributed by atoms with Gasteiger partial charge in [0.05, 0.1) is 46.5 Å². The minimum atomic E-state index is -0.203. The van der Waals surface area contributed by atoms with E-state index in [0.717, 1.165) is 0 Å². The molecule has 2 amide bonds. The number of carbonyl (C=O) groups excluding carboxylic acids is 2. The van der Waals surface area contributed by atoms with Crippen LogP contribution in [0.4, 0.5) is 0 Å². The monoisotopic (exact) mass is 784 g/mol. The molecule has 4 aromatic rings. The van der Waals surface area contributed by atoms with E-state index in [-0.39, 0.29) is 43.4 Å². The Balaban J connectivity index is 1.43. The van der Waals surface area contributed by atoms with Crippen molar-refractivity contribution < 1.29 is 29.3 Å². The Labute approximate surface area is 319 Å². The second-order valence-electron chi connectivity index (χ2n) is 11.6. The molecule has 13 heteroatoms. The molecule has 0 atom stereocenters. The van der Waals surface area contributed by atoms with Crippen molar-refractivity contribution in [2.75, 3.05) is 52.6 Å². The molecule has 2 heterocycles. The second kappa shape index (κ2) is 16.8. The molecule has 264 valence electrons. The number of hydrogen-bond donors (Lipinski definition) is 2. The molecular formula is C38H32Cl4N2O6S. The first-order valence-electron chi connectivity index (χ1n) is 16.0. The van der Waals surface area contributed by atoms with E-state index in [9.17, 15) is 19.8 Å². The van der Waals surface area contributed by atoms with Gasteiger partial charge < -0.3 is 29.5 Å². The largest absolute Gasteiger partial charge is 0.507 e. The predicted molar refractivity (Wildman–Crippen MR) is 204 cm³/mol. The Bertz CT molecular complexity index is 1880. The number of phenolic OH excluding ortho intramolecular Hbond substituents is 2. The zero-order valence-electron chi connectivity index (χ0n) is 27.1. The lowest BCUT2D eigenvalue weighted by atomic mass is 9.98. The molecule has 2 aliphatic heterocycles. The zero-order chi connectivity index (χ0) is 36.1. The smallest absolute Gasteiger partial charge is 0.246 e. The first-order chi connectivity index (χ1) is 24.6. The molecule has 8 nitrogen and oxygen atoms in total. The Morgan fingerprint density at radius 3 is 1.33 bits per heavy atom. The van der Waals surface area contributed by atoms with E-state index in [2.05, 4.69) is 0 Å². The van der Waals surface area contributed by atoms with Crippen LogP contribution in [-0.2, 0) is 19.1 Å². The molecule has 51 heavy (non-hydrogen) atoms. The van der Waals surface area contributed by atoms with Crippen LogP contribution in [-0.4, -0.2) is 84.4 Å². The summed E-state index contributed by atoms with van der Waals surface area (Å²) in [6.45, 7) is 3.75. The van der Waals surface area contributed by atoms with Crippen molar-refractivity contribution in [2.24, 2.45) is 0 Å². The van der Waals surface area contributed by atoms with E-state index in [4.69, 9.17) is 55.9 Å². The molecule has 0 aromatic heterocycles. The maximum Gasteiger partial charge on any atom is 0.246 e. The van der Waals surface area contributed by atoms with E-state index >= 15 is 0 Å². The number of halogens is 4. The quantitative estimate of drug-likeness (QED) is 0.172. The fourth-order valence-corrected chi connectivity index (χ4v) is 7.93. The predicted octanol–water partition coefficient (Wildman–Crippen LogP) is 8.94. The van der Waals surface area contributed by atoms with Crippen LogP contribution >= 0.6 is 58.2 Å². The summed E-state index contributed by atoms with van der Waals surface area (Å²) >= 11 is 29.0. The Hall–Kier alpha value is -3.67. The van der Waals surface area contributed by atoms with E-state index in [1.54, 1.807) is 82.6 Å². The van der Waals surface area contributed by atoms with E-state index < -0.39 is 0 Å². The molecule has 4 aromatic carbocycles. The highest BCUT2D eigenvalue weighted by molar-refractivity contribution is 7.99. The summed E-state index contributed by atoms with van der Waals surface area (Å²) in [5, 5.41) is 22.5. The summed E-state index contributed by atoms with van der Waals surface area (Å²) in [6.07, 6.45) is 6.07. The van der Waals surface area contributed by atoms with Crippen LogP contribution in [0.2, 0.25) is 20.1 Å². The second-order valence-corrected chi connectivity index (χ2v) is 14.2. The normalized spacial score (nSPS) is 15.2. The fourth-order valence-electron chi connectivity index (χ4n) is 5.76. The van der Waals surface area contributed by atoms with Crippen LogP contribution in [0.5, 0.6) is 11.5 Å². The standard InChI is InChI=1S/C38H32Cl4N2O6S/c39-35-25(9-11-33(47)43-13-17-49-18-14-43)27(23-5-1-3-7-29(23)45)21-31(37(35)41)51-32-22-28(24-6-2-4-8-30(24)46)26(36(40)38(32)42)10-12-34(48)44-15-19-50-20-16-44/h1-12,21-22,45-46H,13-20H2/b11-9+,12-10+. The van der Waals surface area contributed by atoms with Gasteiger partial charge in [0.2, 0.25) is 11.8 Å². The number of hydrogen-bond acceptors (Lipinski definition) is 7. The van der Waals surface area contributed by atoms with Crippen LogP contribution in [0.1, 0.15) is 11.1 Å². The third kappa shape index (κ3) is 8.36. The van der Waals surface area contributed by atoms with Gasteiger partial charge in [0.15, 0.2) is 0 Å². The third-order valence-electron chi connectivity index (χ3n) is 8.46. The van der Waals surface area contributed by atoms with Crippen molar-refractivity contribution in [1.29, 1.82) is 0 Å². The number of phenols is 2. The summed E-state index contributed by atoms with van der Waals surface area (Å²) < 4.78 is 10.7. The molecule has 6 rings (SSSR count). The molecule has 2 fully saturated rings. The van der Waals surface area contributed by atoms with Crippen LogP contribution < -0.4 is 0 Å². The van der Waals surface area contributed by atoms with E-state index in [1.165, 1.54) is 23.9 Å². The van der Waals surface area contributed by atoms with Gasteiger partial charge in [-0.1, -0.05) is 94.6 Å². The van der Waals surface area contributed by atoms with Crippen molar-refractivity contribution in [3.05, 3.63) is 104 Å². The van der Waals surface area contributed by atoms with Crippen LogP contribution in [0.15, 0.2) is 82.6 Å². The number of benzene rings is 4. The number of aromatic hydroxyl groups is 2. The number of nitrogens with zero attached hydrogens (tertiary/aromatic N) is 2. The van der Waals surface area contributed by atoms with Gasteiger partial charge in [0.25, 0.3) is 0 Å². The van der Waals surface area contributed by atoms with Gasteiger partial charge in [0, 0.05) is 70.4 Å². The Kier molecular flexibility index (Phi) is 12.2. The van der Waals surface area contributed by atoms with Gasteiger partial charge in [-0.15, -0.1) is 0 Å². The maximum absolute atomic E-state index is 13.0. The van der Waals surface area contributed by atoms with Crippen LogP contribution in [0.3, 0.4) is 0 Å². The van der Waals surface area contributed by atoms with Gasteiger partial charge in [-0.25, -0.2) is 0 Å². The lowest BCUT2D eigenvalue weighted by Crippen LogP contribution is -2.39. The summed E-state index contributed by atoms with van der Waals surface area (Å²) in [6, 6.07) is 17.1. The summed E-state index contributed by atoms with van der Waals surface area (Å²) in [5.41, 5.74) is 2.89. The molecule has 2 N–H and O–H groups in total. The number of rotatable bonds is 8. The van der Waals surface area contributed by atoms with Gasteiger partial charge in [-0.3, -0.25) is 9.59 Å². The Morgan fingerprint density at radius 1 is 0.588 bits per heavy atom. The SMILES string of the molecule is O=C(/C=C/c1c(-c2ccccc2O)cc(Sc2cc(-c3ccccc3O)c(/C=C/C(=O)N3CCOCC3)c(Cl)c2Cl)c(Cl)c1Cl)N1CCOCC1. The van der Waals surface area contributed by atoms with Gasteiger partial charge >= 0.3 is 0 Å². The molecule has 2 aliphatic rings. The molecule has 0 saturated carbocycles. The van der Waals surface area contributed by atoms with Crippen LogP contribution in [0.25, 0.3) is 34.4 Å². The third-order valence-corrected chi connectivity index (χ3v) is 11.5. The lowest BCUT2D eigenvalue weighted by molar-refractivity contribution is -0.130. The van der Waals surface area contributed by atoms with Crippen molar-refractivity contribution in [3.63, 3.8) is 0 Å². The van der Waals surface area contributed by atoms with Crippen molar-refractivity contribution in [2.45, 2.75) is 9.79 Å². The minimum Gasteiger partial charge on any atom is -0.507 e. The van der Waals surface area contributed by atoms with Crippen molar-refractivity contribution in [1.82, 2.24) is 9.80 Å². The van der Waals surface area contributed by atoms with Gasteiger partial charge in [-0.05, 0) is 47.5 Å². The number of carbonyl (C=O) groups is 2. The highest BCUT2D eigenvalue weighted by atomic mass is 35.5. The summed E-state index contributed by atoms with van der Waals surface area (Å²) in [5.74, 6) is -0.393.